The van der Waals surface area contributed by atoms with E-state index in [-0.39, 0.29) is 5.02 Å². The maximum Gasteiger partial charge on any atom is 0.149 e. The van der Waals surface area contributed by atoms with E-state index in [4.69, 9.17) is 21.6 Å². The van der Waals surface area contributed by atoms with Crippen LogP contribution in [0.2, 0.25) is 5.02 Å². The Labute approximate surface area is 116 Å². The Hall–Kier alpha value is -2.05. The maximum atomic E-state index is 14.0. The van der Waals surface area contributed by atoms with Crippen molar-refractivity contribution in [1.82, 2.24) is 0 Å². The second-order valence-corrected chi connectivity index (χ2v) is 4.49. The lowest BCUT2D eigenvalue weighted by Gasteiger charge is -2.11. The van der Waals surface area contributed by atoms with Crippen LogP contribution in [0.1, 0.15) is 11.1 Å². The Morgan fingerprint density at radius 3 is 2.68 bits per heavy atom. The third kappa shape index (κ3) is 2.40. The first kappa shape index (κ1) is 13.4. The summed E-state index contributed by atoms with van der Waals surface area (Å²) in [4.78, 5) is 0. The number of benzene rings is 2. The van der Waals surface area contributed by atoms with Gasteiger partial charge in [0.25, 0.3) is 0 Å². The van der Waals surface area contributed by atoms with Gasteiger partial charge in [-0.25, -0.2) is 4.39 Å². The number of rotatable bonds is 2. The normalized spacial score (nSPS) is 10.1. The molecule has 0 heterocycles. The van der Waals surface area contributed by atoms with Crippen molar-refractivity contribution < 1.29 is 9.13 Å². The number of aryl methyl sites for hydroxylation is 1. The first-order chi connectivity index (χ1) is 9.08. The van der Waals surface area contributed by atoms with Crippen LogP contribution < -0.4 is 4.74 Å². The van der Waals surface area contributed by atoms with E-state index >= 15 is 0 Å². The van der Waals surface area contributed by atoms with E-state index < -0.39 is 5.82 Å². The van der Waals surface area contributed by atoms with Crippen molar-refractivity contribution in [2.45, 2.75) is 6.92 Å². The molecular formula is C15H11ClFNO. The summed E-state index contributed by atoms with van der Waals surface area (Å²) in [6, 6.07) is 10.2. The summed E-state index contributed by atoms with van der Waals surface area (Å²) in [5, 5.41) is 9.18. The number of nitrogens with zero attached hydrogens (tertiary/aromatic N) is 1. The zero-order valence-electron chi connectivity index (χ0n) is 10.5. The highest BCUT2D eigenvalue weighted by molar-refractivity contribution is 6.31. The molecule has 0 saturated carbocycles. The minimum absolute atomic E-state index is 0.0597. The molecule has 0 bridgehead atoms. The van der Waals surface area contributed by atoms with Crippen LogP contribution in [0.15, 0.2) is 30.3 Å². The zero-order valence-corrected chi connectivity index (χ0v) is 11.3. The van der Waals surface area contributed by atoms with Crippen molar-refractivity contribution in [3.63, 3.8) is 0 Å². The SMILES string of the molecule is COc1c(C)cc(-c2cccc(Cl)c2F)cc1C#N. The molecule has 2 rings (SSSR count). The van der Waals surface area contributed by atoms with Gasteiger partial charge in [-0.2, -0.15) is 5.26 Å². The molecule has 0 aliphatic heterocycles. The van der Waals surface area contributed by atoms with Crippen LogP contribution >= 0.6 is 11.6 Å². The Balaban J connectivity index is 2.68. The van der Waals surface area contributed by atoms with E-state index in [1.165, 1.54) is 13.2 Å². The topological polar surface area (TPSA) is 33.0 Å². The van der Waals surface area contributed by atoms with Gasteiger partial charge in [-0.05, 0) is 36.2 Å². The van der Waals surface area contributed by atoms with Gasteiger partial charge in [-0.1, -0.05) is 23.7 Å². The lowest BCUT2D eigenvalue weighted by atomic mass is 9.99. The highest BCUT2D eigenvalue weighted by atomic mass is 35.5. The van der Waals surface area contributed by atoms with E-state index in [0.29, 0.717) is 22.4 Å². The number of hydrogen-bond acceptors (Lipinski definition) is 2. The molecule has 2 aromatic rings. The molecule has 0 atom stereocenters. The third-order valence-corrected chi connectivity index (χ3v) is 3.15. The van der Waals surface area contributed by atoms with Gasteiger partial charge in [0.1, 0.15) is 17.6 Å². The fourth-order valence-electron chi connectivity index (χ4n) is 2.01. The number of ether oxygens (including phenoxy) is 1. The predicted molar refractivity (Wildman–Crippen MR) is 72.9 cm³/mol. The Morgan fingerprint density at radius 2 is 2.05 bits per heavy atom. The minimum Gasteiger partial charge on any atom is -0.495 e. The lowest BCUT2D eigenvalue weighted by molar-refractivity contribution is 0.410. The fraction of sp³-hybridized carbons (Fsp3) is 0.133. The zero-order chi connectivity index (χ0) is 14.0. The molecule has 0 spiro atoms. The van der Waals surface area contributed by atoms with Gasteiger partial charge in [-0.3, -0.25) is 0 Å². The molecule has 0 unspecified atom stereocenters. The smallest absolute Gasteiger partial charge is 0.149 e. The van der Waals surface area contributed by atoms with Gasteiger partial charge in [0.15, 0.2) is 0 Å². The van der Waals surface area contributed by atoms with Crippen molar-refractivity contribution in [2.24, 2.45) is 0 Å². The number of methoxy groups -OCH3 is 1. The van der Waals surface area contributed by atoms with E-state index in [2.05, 4.69) is 6.07 Å². The Morgan fingerprint density at radius 1 is 1.32 bits per heavy atom. The van der Waals surface area contributed by atoms with Crippen molar-refractivity contribution >= 4 is 11.6 Å². The summed E-state index contributed by atoms with van der Waals surface area (Å²) in [7, 11) is 1.50. The molecule has 0 amide bonds. The largest absolute Gasteiger partial charge is 0.495 e. The average Bonchev–Trinajstić information content (AvgIpc) is 2.40. The fourth-order valence-corrected chi connectivity index (χ4v) is 2.18. The lowest BCUT2D eigenvalue weighted by Crippen LogP contribution is -1.94. The highest BCUT2D eigenvalue weighted by Gasteiger charge is 2.13. The molecule has 19 heavy (non-hydrogen) atoms. The van der Waals surface area contributed by atoms with Gasteiger partial charge in [0, 0.05) is 5.56 Å². The number of hydrogen-bond donors (Lipinski definition) is 0. The summed E-state index contributed by atoms with van der Waals surface area (Å²) in [5.41, 5.74) is 2.12. The quantitative estimate of drug-likeness (QED) is 0.817. The second-order valence-electron chi connectivity index (χ2n) is 4.09. The van der Waals surface area contributed by atoms with E-state index in [1.807, 2.05) is 6.92 Å². The van der Waals surface area contributed by atoms with Gasteiger partial charge in [0.2, 0.25) is 0 Å². The van der Waals surface area contributed by atoms with E-state index in [1.54, 1.807) is 24.3 Å². The van der Waals surface area contributed by atoms with Crippen LogP contribution in [-0.2, 0) is 0 Å². The van der Waals surface area contributed by atoms with Crippen LogP contribution in [0, 0.1) is 24.1 Å². The predicted octanol–water partition coefficient (Wildman–Crippen LogP) is 4.33. The van der Waals surface area contributed by atoms with E-state index in [9.17, 15) is 4.39 Å². The van der Waals surface area contributed by atoms with Crippen LogP contribution in [0.25, 0.3) is 11.1 Å². The molecule has 0 saturated heterocycles. The molecule has 2 nitrogen and oxygen atoms in total. The molecule has 0 N–H and O–H groups in total. The highest BCUT2D eigenvalue weighted by Crippen LogP contribution is 2.33. The minimum atomic E-state index is -0.488. The molecule has 0 fully saturated rings. The third-order valence-electron chi connectivity index (χ3n) is 2.86. The van der Waals surface area contributed by atoms with Crippen LogP contribution in [0.4, 0.5) is 4.39 Å². The van der Waals surface area contributed by atoms with Crippen LogP contribution in [0.3, 0.4) is 0 Å². The molecular weight excluding hydrogens is 265 g/mol. The van der Waals surface area contributed by atoms with Crippen molar-refractivity contribution in [1.29, 1.82) is 5.26 Å². The molecule has 96 valence electrons. The number of nitriles is 1. The van der Waals surface area contributed by atoms with Crippen molar-refractivity contribution in [3.05, 3.63) is 52.3 Å². The van der Waals surface area contributed by atoms with Gasteiger partial charge < -0.3 is 4.74 Å². The first-order valence-electron chi connectivity index (χ1n) is 5.61. The Bertz CT molecular complexity index is 677. The van der Waals surface area contributed by atoms with E-state index in [0.717, 1.165) is 5.56 Å². The van der Waals surface area contributed by atoms with Gasteiger partial charge in [0.05, 0.1) is 17.7 Å². The summed E-state index contributed by atoms with van der Waals surface area (Å²) in [6.45, 7) is 1.81. The Kier molecular flexibility index (Phi) is 3.73. The molecule has 0 aliphatic carbocycles. The summed E-state index contributed by atoms with van der Waals surface area (Å²) < 4.78 is 19.2. The average molecular weight is 276 g/mol. The summed E-state index contributed by atoms with van der Waals surface area (Å²) in [6.07, 6.45) is 0. The monoisotopic (exact) mass is 275 g/mol. The summed E-state index contributed by atoms with van der Waals surface area (Å²) in [5.74, 6) is 0.0197. The second kappa shape index (κ2) is 5.29. The van der Waals surface area contributed by atoms with Gasteiger partial charge >= 0.3 is 0 Å². The van der Waals surface area contributed by atoms with Gasteiger partial charge in [-0.15, -0.1) is 0 Å². The van der Waals surface area contributed by atoms with Crippen molar-refractivity contribution in [2.75, 3.05) is 7.11 Å². The van der Waals surface area contributed by atoms with Crippen LogP contribution in [0.5, 0.6) is 5.75 Å². The molecule has 4 heteroatoms. The maximum absolute atomic E-state index is 14.0. The molecule has 0 aliphatic rings. The summed E-state index contributed by atoms with van der Waals surface area (Å²) >= 11 is 5.77. The molecule has 2 aromatic carbocycles. The number of halogens is 2. The van der Waals surface area contributed by atoms with Crippen molar-refractivity contribution in [3.8, 4) is 22.9 Å². The standard InChI is InChI=1S/C15H11ClFNO/c1-9-6-10(7-11(8-18)15(9)19-2)12-4-3-5-13(16)14(12)17/h3-7H,1-2H3. The van der Waals surface area contributed by atoms with Crippen LogP contribution in [-0.4, -0.2) is 7.11 Å². The molecule has 0 radical (unpaired) electrons. The molecule has 0 aromatic heterocycles. The first-order valence-corrected chi connectivity index (χ1v) is 5.99.